The molecule has 0 atom stereocenters. The van der Waals surface area contributed by atoms with Crippen LogP contribution in [0.3, 0.4) is 0 Å². The topological polar surface area (TPSA) is 30.9 Å². The summed E-state index contributed by atoms with van der Waals surface area (Å²) in [6.07, 6.45) is 0. The fourth-order valence-corrected chi connectivity index (χ4v) is 1.17. The molecule has 1 radical (unpaired) electrons. The fourth-order valence-electron chi connectivity index (χ4n) is 1.17. The van der Waals surface area contributed by atoms with E-state index >= 15 is 0 Å². The van der Waals surface area contributed by atoms with Gasteiger partial charge in [-0.1, -0.05) is 0 Å². The Labute approximate surface area is 62.8 Å². The molecule has 1 rings (SSSR count). The molecule has 1 aliphatic rings. The van der Waals surface area contributed by atoms with E-state index in [1.165, 1.54) is 13.1 Å². The summed E-state index contributed by atoms with van der Waals surface area (Å²) >= 11 is 0. The number of hydrogen-bond acceptors (Lipinski definition) is 3. The SMILES string of the molecule is [CH2-][NH+]CCN1CCNCC1. The molecule has 59 valence electrons. The molecule has 1 heterocycles. The highest BCUT2D eigenvalue weighted by molar-refractivity contribution is 4.66. The Kier molecular flexibility index (Phi) is 3.72. The monoisotopic (exact) mass is 142 g/mol. The molecule has 0 aromatic rings. The lowest BCUT2D eigenvalue weighted by Gasteiger charge is -2.25. The minimum absolute atomic E-state index is 1.00. The lowest BCUT2D eigenvalue weighted by molar-refractivity contribution is -0.595. The summed E-state index contributed by atoms with van der Waals surface area (Å²) in [5.74, 6) is 0. The molecular weight excluding hydrogens is 126 g/mol. The van der Waals surface area contributed by atoms with Crippen LogP contribution in [-0.2, 0) is 0 Å². The van der Waals surface area contributed by atoms with Crippen molar-refractivity contribution in [1.29, 1.82) is 0 Å². The van der Waals surface area contributed by atoms with E-state index in [0.29, 0.717) is 0 Å². The van der Waals surface area contributed by atoms with Gasteiger partial charge in [-0.3, -0.25) is 4.90 Å². The summed E-state index contributed by atoms with van der Waals surface area (Å²) < 4.78 is 0. The lowest BCUT2D eigenvalue weighted by atomic mass is 10.3. The largest absolute Gasteiger partial charge is 0.334 e. The van der Waals surface area contributed by atoms with E-state index in [2.05, 4.69) is 22.6 Å². The van der Waals surface area contributed by atoms with Crippen LogP contribution in [0.2, 0.25) is 0 Å². The molecule has 0 aromatic heterocycles. The minimum atomic E-state index is 1.00. The average Bonchev–Trinajstić information content (AvgIpc) is 2.03. The predicted octanol–water partition coefficient (Wildman–Crippen LogP) is -1.97. The number of hydrogen-bond donors (Lipinski definition) is 2. The Hall–Kier alpha value is -0.120. The first-order chi connectivity index (χ1) is 4.93. The van der Waals surface area contributed by atoms with Gasteiger partial charge in [0.15, 0.2) is 0 Å². The predicted molar refractivity (Wildman–Crippen MR) is 40.5 cm³/mol. The van der Waals surface area contributed by atoms with E-state index in [0.717, 1.165) is 26.2 Å². The van der Waals surface area contributed by atoms with Gasteiger partial charge >= 0.3 is 0 Å². The molecule has 1 aliphatic heterocycles. The van der Waals surface area contributed by atoms with Crippen molar-refractivity contribution in [2.24, 2.45) is 0 Å². The number of nitrogens with zero attached hydrogens (tertiary/aromatic N) is 1. The summed E-state index contributed by atoms with van der Waals surface area (Å²) in [7, 11) is 3.58. The maximum absolute atomic E-state index is 3.58. The molecule has 2 N–H and O–H groups in total. The summed E-state index contributed by atoms with van der Waals surface area (Å²) in [6.45, 7) is 6.77. The Balaban J connectivity index is 2.02. The molecule has 0 spiro atoms. The molecule has 10 heavy (non-hydrogen) atoms. The second kappa shape index (κ2) is 4.66. The molecule has 3 nitrogen and oxygen atoms in total. The van der Waals surface area contributed by atoms with E-state index in [4.69, 9.17) is 0 Å². The van der Waals surface area contributed by atoms with E-state index in [9.17, 15) is 0 Å². The first-order valence-corrected chi connectivity index (χ1v) is 3.86. The van der Waals surface area contributed by atoms with Crippen molar-refractivity contribution in [1.82, 2.24) is 10.2 Å². The van der Waals surface area contributed by atoms with Gasteiger partial charge in [0, 0.05) is 32.7 Å². The van der Waals surface area contributed by atoms with Crippen LogP contribution in [0.1, 0.15) is 0 Å². The van der Waals surface area contributed by atoms with Crippen molar-refractivity contribution in [3.63, 3.8) is 0 Å². The van der Waals surface area contributed by atoms with Crippen molar-refractivity contribution in [3.05, 3.63) is 7.05 Å². The Morgan fingerprint density at radius 1 is 1.40 bits per heavy atom. The summed E-state index contributed by atoms with van der Waals surface area (Å²) in [5.41, 5.74) is 0. The lowest BCUT2D eigenvalue weighted by Crippen LogP contribution is -2.79. The van der Waals surface area contributed by atoms with Crippen LogP contribution in [0.15, 0.2) is 0 Å². The first-order valence-electron chi connectivity index (χ1n) is 3.86. The van der Waals surface area contributed by atoms with Crippen LogP contribution in [0.4, 0.5) is 0 Å². The molecule has 3 heteroatoms. The van der Waals surface area contributed by atoms with Crippen LogP contribution in [-0.4, -0.2) is 44.2 Å². The van der Waals surface area contributed by atoms with Gasteiger partial charge < -0.3 is 10.6 Å². The quantitative estimate of drug-likeness (QED) is 0.448. The molecule has 0 bridgehead atoms. The highest BCUT2D eigenvalue weighted by Gasteiger charge is 2.07. The molecule has 1 fully saturated rings. The van der Waals surface area contributed by atoms with Crippen molar-refractivity contribution < 1.29 is 5.32 Å². The van der Waals surface area contributed by atoms with E-state index in [-0.39, 0.29) is 0 Å². The first kappa shape index (κ1) is 7.98. The van der Waals surface area contributed by atoms with E-state index < -0.39 is 0 Å². The van der Waals surface area contributed by atoms with Crippen molar-refractivity contribution >= 4 is 0 Å². The van der Waals surface area contributed by atoms with Crippen LogP contribution >= 0.6 is 0 Å². The van der Waals surface area contributed by atoms with Crippen molar-refractivity contribution in [2.75, 3.05) is 39.3 Å². The van der Waals surface area contributed by atoms with E-state index in [1.54, 1.807) is 0 Å². The highest BCUT2D eigenvalue weighted by Crippen LogP contribution is 1.88. The molecule has 0 aromatic carbocycles. The average molecular weight is 142 g/mol. The Morgan fingerprint density at radius 2 is 2.10 bits per heavy atom. The van der Waals surface area contributed by atoms with Gasteiger partial charge in [0.1, 0.15) is 6.54 Å². The number of piperazine rings is 1. The van der Waals surface area contributed by atoms with Gasteiger partial charge in [-0.15, -0.1) is 7.05 Å². The van der Waals surface area contributed by atoms with E-state index in [1.807, 2.05) is 0 Å². The van der Waals surface area contributed by atoms with Gasteiger partial charge in [0.25, 0.3) is 0 Å². The molecule has 0 unspecified atom stereocenters. The molecule has 0 aliphatic carbocycles. The Bertz CT molecular complexity index is 78.9. The summed E-state index contributed by atoms with van der Waals surface area (Å²) in [5, 5.41) is 6.22. The third kappa shape index (κ3) is 2.64. The smallest absolute Gasteiger partial charge is 0.105 e. The van der Waals surface area contributed by atoms with Gasteiger partial charge in [0.05, 0.1) is 0 Å². The minimum Gasteiger partial charge on any atom is -0.334 e. The fraction of sp³-hybridized carbons (Fsp3) is 0.857. The maximum atomic E-state index is 3.58. The van der Waals surface area contributed by atoms with Crippen LogP contribution in [0, 0.1) is 7.05 Å². The normalized spacial score (nSPS) is 21.3. The zero-order valence-corrected chi connectivity index (χ0v) is 6.40. The molecule has 1 saturated heterocycles. The summed E-state index contributed by atoms with van der Waals surface area (Å²) in [6, 6.07) is 0. The van der Waals surface area contributed by atoms with Crippen molar-refractivity contribution in [2.45, 2.75) is 0 Å². The second-order valence-corrected chi connectivity index (χ2v) is 2.59. The summed E-state index contributed by atoms with van der Waals surface area (Å²) in [4.78, 5) is 2.44. The van der Waals surface area contributed by atoms with Crippen molar-refractivity contribution in [3.8, 4) is 0 Å². The number of nitrogens with one attached hydrogen (secondary N) is 2. The zero-order valence-electron chi connectivity index (χ0n) is 6.40. The number of rotatable bonds is 3. The van der Waals surface area contributed by atoms with Crippen LogP contribution < -0.4 is 10.6 Å². The maximum Gasteiger partial charge on any atom is 0.105 e. The van der Waals surface area contributed by atoms with Gasteiger partial charge in [-0.25, -0.2) is 0 Å². The highest BCUT2D eigenvalue weighted by atomic mass is 15.2. The Morgan fingerprint density at radius 3 is 2.70 bits per heavy atom. The second-order valence-electron chi connectivity index (χ2n) is 2.59. The molecule has 0 amide bonds. The van der Waals surface area contributed by atoms with Gasteiger partial charge in [-0.05, 0) is 0 Å². The van der Waals surface area contributed by atoms with Gasteiger partial charge in [-0.2, -0.15) is 0 Å². The third-order valence-corrected chi connectivity index (χ3v) is 1.81. The third-order valence-electron chi connectivity index (χ3n) is 1.81. The van der Waals surface area contributed by atoms with Crippen LogP contribution in [0.25, 0.3) is 0 Å². The molecular formula is C7H16N3. The molecule has 0 saturated carbocycles. The standard InChI is InChI=1S/C7H16N3/c1-8-2-5-10-6-3-9-4-7-10/h8-9H,1-7H2. The van der Waals surface area contributed by atoms with Crippen LogP contribution in [0.5, 0.6) is 0 Å². The van der Waals surface area contributed by atoms with Gasteiger partial charge in [0.2, 0.25) is 0 Å². The zero-order chi connectivity index (χ0) is 7.23.